The molecule has 0 N–H and O–H groups in total. The Morgan fingerprint density at radius 3 is 1.52 bits per heavy atom. The highest BCUT2D eigenvalue weighted by atomic mass is 32.1. The summed E-state index contributed by atoms with van der Waals surface area (Å²) in [6, 6.07) is 52.0. The molecule has 0 unspecified atom stereocenters. The van der Waals surface area contributed by atoms with Crippen molar-refractivity contribution in [1.29, 1.82) is 0 Å². The lowest BCUT2D eigenvalue weighted by Gasteiger charge is -2.10. The first-order valence-electron chi connectivity index (χ1n) is 16.3. The lowest BCUT2D eigenvalue weighted by molar-refractivity contribution is 1.08. The average molecular weight is 676 g/mol. The van der Waals surface area contributed by atoms with Crippen LogP contribution in [0.4, 0.5) is 0 Å². The van der Waals surface area contributed by atoms with Gasteiger partial charge in [-0.25, -0.2) is 24.9 Å². The molecule has 0 radical (unpaired) electrons. The van der Waals surface area contributed by atoms with Crippen LogP contribution in [0.1, 0.15) is 0 Å². The first-order chi connectivity index (χ1) is 24.8. The SMILES string of the molecule is c1ccc(-c2nc(-c3ccccc3)nc(-c3cccc4sc5c(-c6nc(-c7ccccc7)nc7c6sc6ccccc67)cccc5c34)n2)cc1. The van der Waals surface area contributed by atoms with Gasteiger partial charge in [0.15, 0.2) is 23.3 Å². The van der Waals surface area contributed by atoms with Crippen molar-refractivity contribution in [3.05, 3.63) is 152 Å². The van der Waals surface area contributed by atoms with Crippen LogP contribution in [0.25, 0.3) is 97.3 Å². The van der Waals surface area contributed by atoms with E-state index in [1.54, 1.807) is 22.7 Å². The largest absolute Gasteiger partial charge is 0.226 e. The van der Waals surface area contributed by atoms with E-state index in [4.69, 9.17) is 24.9 Å². The smallest absolute Gasteiger partial charge is 0.164 e. The second kappa shape index (κ2) is 11.8. The molecule has 0 amide bonds. The zero-order valence-electron chi connectivity index (χ0n) is 26.5. The maximum Gasteiger partial charge on any atom is 0.164 e. The van der Waals surface area contributed by atoms with E-state index in [0.717, 1.165) is 70.4 Å². The predicted octanol–water partition coefficient (Wildman–Crippen LogP) is 11.7. The molecule has 0 bridgehead atoms. The molecule has 0 atom stereocenters. The highest BCUT2D eigenvalue weighted by molar-refractivity contribution is 7.27. The molecule has 0 aliphatic heterocycles. The summed E-state index contributed by atoms with van der Waals surface area (Å²) >= 11 is 3.54. The fourth-order valence-corrected chi connectivity index (χ4v) is 9.03. The van der Waals surface area contributed by atoms with Gasteiger partial charge in [-0.3, -0.25) is 0 Å². The molecule has 0 fully saturated rings. The molecule has 0 saturated carbocycles. The van der Waals surface area contributed by atoms with Gasteiger partial charge in [-0.05, 0) is 12.1 Å². The Labute approximate surface area is 295 Å². The summed E-state index contributed by atoms with van der Waals surface area (Å²) in [6.45, 7) is 0. The number of fused-ring (bicyclic) bond motifs is 6. The highest BCUT2D eigenvalue weighted by Gasteiger charge is 2.22. The van der Waals surface area contributed by atoms with E-state index in [2.05, 4.69) is 72.8 Å². The van der Waals surface area contributed by atoms with E-state index in [1.165, 1.54) is 9.40 Å². The monoisotopic (exact) mass is 675 g/mol. The zero-order valence-corrected chi connectivity index (χ0v) is 28.1. The molecule has 4 aromatic heterocycles. The summed E-state index contributed by atoms with van der Waals surface area (Å²) in [4.78, 5) is 25.6. The van der Waals surface area contributed by atoms with Crippen molar-refractivity contribution in [2.45, 2.75) is 0 Å². The van der Waals surface area contributed by atoms with E-state index in [-0.39, 0.29) is 0 Å². The first-order valence-corrected chi connectivity index (χ1v) is 18.0. The maximum atomic E-state index is 5.30. The standard InChI is InChI=1S/C43H25N5S2/c1-4-14-26(15-5-1)40-44-36-29-20-10-11-24-33(29)49-39(36)37(45-40)32-23-12-21-30-35-31(22-13-25-34(35)50-38(30)32)43-47-41(27-16-6-2-7-17-27)46-42(48-43)28-18-8-3-9-19-28/h1-25H. The number of benzene rings is 6. The second-order valence-electron chi connectivity index (χ2n) is 12.0. The molecule has 0 saturated heterocycles. The van der Waals surface area contributed by atoms with Crippen molar-refractivity contribution >= 4 is 63.1 Å². The molecule has 5 nitrogen and oxygen atoms in total. The summed E-state index contributed by atoms with van der Waals surface area (Å²) in [6.07, 6.45) is 0. The molecule has 6 aromatic carbocycles. The number of hydrogen-bond donors (Lipinski definition) is 0. The third-order valence-electron chi connectivity index (χ3n) is 8.97. The number of thiophene rings is 2. The van der Waals surface area contributed by atoms with Crippen LogP contribution in [0.5, 0.6) is 0 Å². The summed E-state index contributed by atoms with van der Waals surface area (Å²) in [5.74, 6) is 2.66. The van der Waals surface area contributed by atoms with Gasteiger partial charge in [-0.2, -0.15) is 0 Å². The topological polar surface area (TPSA) is 64.5 Å². The molecular weight excluding hydrogens is 651 g/mol. The molecular formula is C43H25N5S2. The maximum absolute atomic E-state index is 5.30. The van der Waals surface area contributed by atoms with E-state index in [1.807, 2.05) is 78.9 Å². The first kappa shape index (κ1) is 28.8. The number of hydrogen-bond acceptors (Lipinski definition) is 7. The van der Waals surface area contributed by atoms with Gasteiger partial charge in [0.1, 0.15) is 0 Å². The van der Waals surface area contributed by atoms with Crippen molar-refractivity contribution in [3.63, 3.8) is 0 Å². The van der Waals surface area contributed by atoms with E-state index in [9.17, 15) is 0 Å². The van der Waals surface area contributed by atoms with Gasteiger partial charge in [0, 0.05) is 58.1 Å². The minimum absolute atomic E-state index is 0.647. The molecule has 50 heavy (non-hydrogen) atoms. The molecule has 7 heteroatoms. The van der Waals surface area contributed by atoms with Gasteiger partial charge in [0.25, 0.3) is 0 Å². The van der Waals surface area contributed by atoms with Crippen LogP contribution in [0.3, 0.4) is 0 Å². The Bertz CT molecular complexity index is 2810. The third-order valence-corrected chi connectivity index (χ3v) is 11.3. The minimum atomic E-state index is 0.647. The molecule has 0 aliphatic rings. The van der Waals surface area contributed by atoms with Gasteiger partial charge in [0.05, 0.1) is 15.9 Å². The van der Waals surface area contributed by atoms with Crippen molar-refractivity contribution < 1.29 is 0 Å². The van der Waals surface area contributed by atoms with Gasteiger partial charge >= 0.3 is 0 Å². The van der Waals surface area contributed by atoms with Crippen molar-refractivity contribution in [3.8, 4) is 56.8 Å². The number of aromatic nitrogens is 5. The van der Waals surface area contributed by atoms with Crippen LogP contribution in [0, 0.1) is 0 Å². The second-order valence-corrected chi connectivity index (χ2v) is 14.1. The fraction of sp³-hybridized carbons (Fsp3) is 0. The van der Waals surface area contributed by atoms with Crippen LogP contribution in [-0.4, -0.2) is 24.9 Å². The predicted molar refractivity (Wildman–Crippen MR) is 208 cm³/mol. The summed E-state index contributed by atoms with van der Waals surface area (Å²) in [7, 11) is 0. The number of rotatable bonds is 5. The van der Waals surface area contributed by atoms with Gasteiger partial charge in [0.2, 0.25) is 0 Å². The van der Waals surface area contributed by atoms with Gasteiger partial charge < -0.3 is 0 Å². The molecule has 4 heterocycles. The van der Waals surface area contributed by atoms with Gasteiger partial charge in [-0.1, -0.05) is 140 Å². The quantitative estimate of drug-likeness (QED) is 0.182. The zero-order chi connectivity index (χ0) is 33.0. The van der Waals surface area contributed by atoms with Crippen molar-refractivity contribution in [2.24, 2.45) is 0 Å². The fourth-order valence-electron chi connectivity index (χ4n) is 6.64. The lowest BCUT2D eigenvalue weighted by atomic mass is 10.0. The number of nitrogens with zero attached hydrogens (tertiary/aromatic N) is 5. The van der Waals surface area contributed by atoms with Crippen LogP contribution in [0.15, 0.2) is 152 Å². The van der Waals surface area contributed by atoms with Crippen LogP contribution >= 0.6 is 22.7 Å². The van der Waals surface area contributed by atoms with E-state index < -0.39 is 0 Å². The Hall–Kier alpha value is -6.15. The highest BCUT2D eigenvalue weighted by Crippen LogP contribution is 2.46. The summed E-state index contributed by atoms with van der Waals surface area (Å²) in [5, 5.41) is 3.43. The summed E-state index contributed by atoms with van der Waals surface area (Å²) < 4.78 is 4.63. The van der Waals surface area contributed by atoms with E-state index >= 15 is 0 Å². The molecule has 0 spiro atoms. The molecule has 234 valence electrons. The third kappa shape index (κ3) is 4.78. The van der Waals surface area contributed by atoms with Gasteiger partial charge in [-0.15, -0.1) is 22.7 Å². The van der Waals surface area contributed by atoms with Crippen molar-refractivity contribution in [2.75, 3.05) is 0 Å². The van der Waals surface area contributed by atoms with E-state index in [0.29, 0.717) is 17.5 Å². The van der Waals surface area contributed by atoms with Crippen LogP contribution in [-0.2, 0) is 0 Å². The Morgan fingerprint density at radius 1 is 0.340 bits per heavy atom. The lowest BCUT2D eigenvalue weighted by Crippen LogP contribution is -2.00. The molecule has 0 aliphatic carbocycles. The van der Waals surface area contributed by atoms with Crippen molar-refractivity contribution in [1.82, 2.24) is 24.9 Å². The minimum Gasteiger partial charge on any atom is -0.226 e. The Kier molecular flexibility index (Phi) is 6.79. The Balaban J connectivity index is 1.23. The summed E-state index contributed by atoms with van der Waals surface area (Å²) in [5.41, 5.74) is 6.90. The average Bonchev–Trinajstić information content (AvgIpc) is 3.77. The molecule has 10 rings (SSSR count). The molecule has 10 aromatic rings. The van der Waals surface area contributed by atoms with Crippen LogP contribution in [0.2, 0.25) is 0 Å². The Morgan fingerprint density at radius 2 is 0.840 bits per heavy atom. The normalized spacial score (nSPS) is 11.6. The van der Waals surface area contributed by atoms with Crippen LogP contribution < -0.4 is 0 Å².